The molecule has 0 radical (unpaired) electrons. The molecule has 1 saturated heterocycles. The van der Waals surface area contributed by atoms with E-state index in [1.54, 1.807) is 23.0 Å². The summed E-state index contributed by atoms with van der Waals surface area (Å²) in [7, 11) is 0. The first-order chi connectivity index (χ1) is 16.1. The summed E-state index contributed by atoms with van der Waals surface area (Å²) in [5, 5.41) is 15.3. The molecule has 0 saturated carbocycles. The third-order valence-corrected chi connectivity index (χ3v) is 5.68. The summed E-state index contributed by atoms with van der Waals surface area (Å²) in [5.74, 6) is -1.49. The van der Waals surface area contributed by atoms with Gasteiger partial charge in [0.1, 0.15) is 11.5 Å². The summed E-state index contributed by atoms with van der Waals surface area (Å²) >= 11 is 0. The van der Waals surface area contributed by atoms with Gasteiger partial charge in [0.05, 0.1) is 12.7 Å². The minimum Gasteiger partial charge on any atom is -0.415 e. The number of halogens is 3. The molecule has 2 aromatic carbocycles. The predicted molar refractivity (Wildman–Crippen MR) is 114 cm³/mol. The summed E-state index contributed by atoms with van der Waals surface area (Å²) in [6.07, 6.45) is 1.37. The number of likely N-dealkylation sites (tertiary alicyclic amines) is 1. The Labute approximate surface area is 187 Å². The summed E-state index contributed by atoms with van der Waals surface area (Å²) in [4.78, 5) is 2.42. The van der Waals surface area contributed by atoms with E-state index in [0.717, 1.165) is 30.9 Å². The number of nitrogens with zero attached hydrogens (tertiary/aromatic N) is 6. The van der Waals surface area contributed by atoms with E-state index in [1.165, 1.54) is 24.5 Å². The van der Waals surface area contributed by atoms with Crippen molar-refractivity contribution in [2.75, 3.05) is 13.1 Å². The fraction of sp³-hybridized carbons (Fsp3) is 0.304. The van der Waals surface area contributed by atoms with Crippen LogP contribution in [0.4, 0.5) is 13.2 Å². The lowest BCUT2D eigenvalue weighted by atomic mass is 10.0. The summed E-state index contributed by atoms with van der Waals surface area (Å²) in [5.41, 5.74) is 3.52. The maximum Gasteiger partial charge on any atom is 0.314 e. The molecule has 0 spiro atoms. The predicted octanol–water partition coefficient (Wildman–Crippen LogP) is 4.72. The van der Waals surface area contributed by atoms with E-state index < -0.39 is 18.1 Å². The topological polar surface area (TPSA) is 72.9 Å². The first-order valence-corrected chi connectivity index (χ1v) is 10.7. The van der Waals surface area contributed by atoms with Crippen molar-refractivity contribution in [2.24, 2.45) is 0 Å². The zero-order valence-electron chi connectivity index (χ0n) is 17.7. The Balaban J connectivity index is 1.33. The lowest BCUT2D eigenvalue weighted by molar-refractivity contribution is 0.116. The van der Waals surface area contributed by atoms with Crippen LogP contribution in [-0.4, -0.2) is 43.2 Å². The molecule has 33 heavy (non-hydrogen) atoms. The van der Waals surface area contributed by atoms with Crippen LogP contribution in [0.1, 0.15) is 36.3 Å². The highest BCUT2D eigenvalue weighted by molar-refractivity contribution is 5.62. The van der Waals surface area contributed by atoms with Gasteiger partial charge in [0, 0.05) is 23.2 Å². The van der Waals surface area contributed by atoms with Crippen molar-refractivity contribution in [3.63, 3.8) is 0 Å². The average molecular weight is 454 g/mol. The van der Waals surface area contributed by atoms with Gasteiger partial charge in [0.25, 0.3) is 5.89 Å². The van der Waals surface area contributed by atoms with E-state index in [4.69, 9.17) is 4.42 Å². The number of alkyl halides is 2. The maximum atomic E-state index is 14.7. The van der Waals surface area contributed by atoms with Gasteiger partial charge in [0.2, 0.25) is 5.89 Å². The molecule has 0 N–H and O–H groups in total. The van der Waals surface area contributed by atoms with Crippen molar-refractivity contribution in [3.8, 4) is 22.7 Å². The SMILES string of the molecule is Fc1cc(-c2nnc(C(F)F)o2)ccc1Cn1cc(-c2ccccc2CN2CCCC2)nn1. The molecule has 5 rings (SSSR count). The van der Waals surface area contributed by atoms with Gasteiger partial charge in [-0.25, -0.2) is 9.07 Å². The monoisotopic (exact) mass is 454 g/mol. The number of aromatic nitrogens is 5. The van der Waals surface area contributed by atoms with E-state index in [2.05, 4.69) is 31.5 Å². The Morgan fingerprint density at radius 3 is 2.52 bits per heavy atom. The van der Waals surface area contributed by atoms with Gasteiger partial charge in [-0.1, -0.05) is 35.5 Å². The van der Waals surface area contributed by atoms with Crippen LogP contribution in [0.3, 0.4) is 0 Å². The van der Waals surface area contributed by atoms with Crippen molar-refractivity contribution in [1.29, 1.82) is 0 Å². The van der Waals surface area contributed by atoms with Crippen molar-refractivity contribution in [1.82, 2.24) is 30.1 Å². The van der Waals surface area contributed by atoms with E-state index in [1.807, 2.05) is 18.2 Å². The van der Waals surface area contributed by atoms with Crippen LogP contribution in [0.25, 0.3) is 22.7 Å². The molecule has 170 valence electrons. The van der Waals surface area contributed by atoms with Crippen molar-refractivity contribution >= 4 is 0 Å². The first kappa shape index (κ1) is 21.3. The highest BCUT2D eigenvalue weighted by Gasteiger charge is 2.19. The fourth-order valence-corrected chi connectivity index (χ4v) is 4.01. The van der Waals surface area contributed by atoms with Gasteiger partial charge < -0.3 is 4.42 Å². The zero-order valence-corrected chi connectivity index (χ0v) is 17.7. The van der Waals surface area contributed by atoms with E-state index in [0.29, 0.717) is 5.56 Å². The quantitative estimate of drug-likeness (QED) is 0.403. The maximum absolute atomic E-state index is 14.7. The average Bonchev–Trinajstić information content (AvgIpc) is 3.58. The minimum atomic E-state index is -2.88. The van der Waals surface area contributed by atoms with E-state index in [9.17, 15) is 13.2 Å². The molecule has 0 bridgehead atoms. The van der Waals surface area contributed by atoms with Gasteiger partial charge >= 0.3 is 6.43 Å². The second-order valence-corrected chi connectivity index (χ2v) is 7.99. The Hall–Kier alpha value is -3.53. The van der Waals surface area contributed by atoms with Crippen molar-refractivity contribution in [2.45, 2.75) is 32.4 Å². The van der Waals surface area contributed by atoms with Crippen LogP contribution < -0.4 is 0 Å². The smallest absolute Gasteiger partial charge is 0.314 e. The second kappa shape index (κ2) is 9.14. The van der Waals surface area contributed by atoms with Crippen LogP contribution in [-0.2, 0) is 13.1 Å². The molecular weight excluding hydrogens is 433 g/mol. The highest BCUT2D eigenvalue weighted by Crippen LogP contribution is 2.26. The first-order valence-electron chi connectivity index (χ1n) is 10.7. The number of rotatable bonds is 7. The van der Waals surface area contributed by atoms with Crippen LogP contribution in [0.15, 0.2) is 53.1 Å². The van der Waals surface area contributed by atoms with Gasteiger partial charge in [-0.05, 0) is 43.6 Å². The lowest BCUT2D eigenvalue weighted by Crippen LogP contribution is -2.18. The van der Waals surface area contributed by atoms with E-state index >= 15 is 0 Å². The van der Waals surface area contributed by atoms with Crippen LogP contribution in [0.5, 0.6) is 0 Å². The summed E-state index contributed by atoms with van der Waals surface area (Å²) < 4.78 is 46.4. The van der Waals surface area contributed by atoms with Gasteiger partial charge in [-0.3, -0.25) is 4.90 Å². The minimum absolute atomic E-state index is 0.159. The largest absolute Gasteiger partial charge is 0.415 e. The van der Waals surface area contributed by atoms with Gasteiger partial charge in [-0.2, -0.15) is 8.78 Å². The van der Waals surface area contributed by atoms with Crippen LogP contribution >= 0.6 is 0 Å². The summed E-state index contributed by atoms with van der Waals surface area (Å²) in [6, 6.07) is 12.4. The van der Waals surface area contributed by atoms with Crippen molar-refractivity contribution < 1.29 is 17.6 Å². The fourth-order valence-electron chi connectivity index (χ4n) is 4.01. The Morgan fingerprint density at radius 2 is 1.76 bits per heavy atom. The third-order valence-electron chi connectivity index (χ3n) is 5.68. The molecule has 0 aliphatic carbocycles. The molecule has 0 atom stereocenters. The molecule has 0 unspecified atom stereocenters. The lowest BCUT2D eigenvalue weighted by Gasteiger charge is -2.16. The standard InChI is InChI=1S/C23H21F3N6O/c24-19-11-15(22-28-29-23(33-22)21(25)26)7-8-17(19)13-32-14-20(27-30-32)18-6-2-1-5-16(18)12-31-9-3-4-10-31/h1-2,5-8,11,14,21H,3-4,9-10,12-13H2. The molecule has 1 aliphatic heterocycles. The molecule has 4 aromatic rings. The molecular formula is C23H21F3N6O. The highest BCUT2D eigenvalue weighted by atomic mass is 19.3. The Bertz CT molecular complexity index is 1250. The van der Waals surface area contributed by atoms with Crippen LogP contribution in [0.2, 0.25) is 0 Å². The van der Waals surface area contributed by atoms with Gasteiger partial charge in [-0.15, -0.1) is 15.3 Å². The molecule has 7 nitrogen and oxygen atoms in total. The normalized spacial score (nSPS) is 14.4. The molecule has 1 fully saturated rings. The molecule has 3 heterocycles. The molecule has 1 aliphatic rings. The zero-order chi connectivity index (χ0) is 22.8. The Morgan fingerprint density at radius 1 is 0.939 bits per heavy atom. The Kier molecular flexibility index (Phi) is 5.91. The third kappa shape index (κ3) is 4.65. The molecule has 10 heteroatoms. The van der Waals surface area contributed by atoms with Crippen molar-refractivity contribution in [3.05, 3.63) is 71.5 Å². The number of benzene rings is 2. The van der Waals surface area contributed by atoms with Crippen LogP contribution in [0, 0.1) is 5.82 Å². The number of hydrogen-bond acceptors (Lipinski definition) is 6. The number of hydrogen-bond donors (Lipinski definition) is 0. The van der Waals surface area contributed by atoms with E-state index in [-0.39, 0.29) is 18.0 Å². The summed E-state index contributed by atoms with van der Waals surface area (Å²) in [6.45, 7) is 3.23. The second-order valence-electron chi connectivity index (χ2n) is 7.99. The van der Waals surface area contributed by atoms with Gasteiger partial charge in [0.15, 0.2) is 0 Å². The molecule has 2 aromatic heterocycles. The molecule has 0 amide bonds.